The Balaban J connectivity index is 0.962. The van der Waals surface area contributed by atoms with Crippen LogP contribution in [0.2, 0.25) is 0 Å². The fraction of sp³-hybridized carbons (Fsp3) is 0.0484. The second-order valence-electron chi connectivity index (χ2n) is 16.8. The van der Waals surface area contributed by atoms with Crippen molar-refractivity contribution in [1.82, 2.24) is 15.0 Å². The lowest BCUT2D eigenvalue weighted by molar-refractivity contribution is 0.692. The molecule has 0 spiro atoms. The fourth-order valence-electron chi connectivity index (χ4n) is 8.60. The molecule has 10 rings (SSSR count). The zero-order chi connectivity index (χ0) is 46.1. The molecule has 0 radical (unpaired) electrons. The lowest BCUT2D eigenvalue weighted by Gasteiger charge is -2.32. The van der Waals surface area contributed by atoms with Crippen LogP contribution >= 0.6 is 0 Å². The molecule has 2 N–H and O–H groups in total. The summed E-state index contributed by atoms with van der Waals surface area (Å²) in [5, 5.41) is 0. The number of aliphatic imine (C=N–C) groups is 2. The highest BCUT2D eigenvalue weighted by Crippen LogP contribution is 2.40. The van der Waals surface area contributed by atoms with Gasteiger partial charge < -0.3 is 5.73 Å². The van der Waals surface area contributed by atoms with Crippen LogP contribution in [0.15, 0.2) is 259 Å². The summed E-state index contributed by atoms with van der Waals surface area (Å²) in [6, 6.07) is 85.4. The Bertz CT molecular complexity index is 3340. The van der Waals surface area contributed by atoms with E-state index >= 15 is 0 Å². The number of nitrogens with two attached hydrogens (primary N) is 1. The van der Waals surface area contributed by atoms with Crippen LogP contribution in [0.5, 0.6) is 0 Å². The van der Waals surface area contributed by atoms with Gasteiger partial charge in [-0.05, 0) is 63.6 Å². The summed E-state index contributed by atoms with van der Waals surface area (Å²) >= 11 is 0. The number of nitrogens with zero attached hydrogens (tertiary/aromatic N) is 5. The Morgan fingerprint density at radius 3 is 1.35 bits per heavy atom. The molecule has 0 saturated carbocycles. The molecule has 0 saturated heterocycles. The van der Waals surface area contributed by atoms with E-state index in [4.69, 9.17) is 30.7 Å². The van der Waals surface area contributed by atoms with Gasteiger partial charge in [0.25, 0.3) is 0 Å². The second kappa shape index (κ2) is 19.7. The molecule has 0 amide bonds. The van der Waals surface area contributed by atoms with E-state index in [9.17, 15) is 0 Å². The third kappa shape index (κ3) is 9.43. The van der Waals surface area contributed by atoms with Crippen molar-refractivity contribution in [3.63, 3.8) is 0 Å². The van der Waals surface area contributed by atoms with E-state index in [1.807, 2.05) is 97.1 Å². The molecular weight excluding hydrogens is 829 g/mol. The van der Waals surface area contributed by atoms with Crippen molar-refractivity contribution in [1.29, 1.82) is 0 Å². The van der Waals surface area contributed by atoms with Crippen LogP contribution in [-0.4, -0.2) is 26.6 Å². The Hall–Kier alpha value is -8.87. The molecule has 1 atom stereocenters. The van der Waals surface area contributed by atoms with Crippen LogP contribution in [0.3, 0.4) is 0 Å². The molecule has 326 valence electrons. The first kappa shape index (κ1) is 43.0. The largest absolute Gasteiger partial charge is 0.383 e. The molecule has 6 nitrogen and oxygen atoms in total. The molecule has 0 aliphatic carbocycles. The molecule has 1 aromatic heterocycles. The molecule has 9 aromatic carbocycles. The lowest BCUT2D eigenvalue weighted by atomic mass is 9.71. The first-order valence-corrected chi connectivity index (χ1v) is 22.8. The fourth-order valence-corrected chi connectivity index (χ4v) is 8.60. The summed E-state index contributed by atoms with van der Waals surface area (Å²) in [5.74, 6) is 2.84. The van der Waals surface area contributed by atoms with E-state index in [-0.39, 0.29) is 0 Å². The van der Waals surface area contributed by atoms with Gasteiger partial charge in [0.05, 0.1) is 6.54 Å². The maximum absolute atomic E-state index is 6.71. The Kier molecular flexibility index (Phi) is 12.5. The minimum Gasteiger partial charge on any atom is -0.383 e. The number of hydrogen-bond donors (Lipinski definition) is 1. The first-order chi connectivity index (χ1) is 33.5. The van der Waals surface area contributed by atoms with Crippen LogP contribution in [0, 0.1) is 0 Å². The highest BCUT2D eigenvalue weighted by molar-refractivity contribution is 6.11. The summed E-state index contributed by atoms with van der Waals surface area (Å²) in [6.07, 6.45) is 0. The second-order valence-corrected chi connectivity index (χ2v) is 16.8. The predicted octanol–water partition coefficient (Wildman–Crippen LogP) is 13.9. The van der Waals surface area contributed by atoms with E-state index in [1.165, 1.54) is 5.56 Å². The predicted molar refractivity (Wildman–Crippen MR) is 279 cm³/mol. The molecule has 68 heavy (non-hydrogen) atoms. The van der Waals surface area contributed by atoms with E-state index < -0.39 is 5.41 Å². The summed E-state index contributed by atoms with van der Waals surface area (Å²) in [5.41, 5.74) is 19.7. The van der Waals surface area contributed by atoms with Crippen molar-refractivity contribution in [3.8, 4) is 56.4 Å². The number of benzene rings is 9. The molecule has 0 aliphatic heterocycles. The van der Waals surface area contributed by atoms with Crippen molar-refractivity contribution in [2.45, 2.75) is 18.9 Å². The van der Waals surface area contributed by atoms with Gasteiger partial charge in [-0.2, -0.15) is 0 Å². The van der Waals surface area contributed by atoms with Gasteiger partial charge in [-0.1, -0.05) is 237 Å². The molecule has 0 bridgehead atoms. The Labute approximate surface area is 398 Å². The number of aromatic nitrogens is 3. The maximum atomic E-state index is 6.71. The minimum absolute atomic E-state index is 0.409. The molecule has 1 heterocycles. The van der Waals surface area contributed by atoms with Gasteiger partial charge in [0.1, 0.15) is 5.84 Å². The Morgan fingerprint density at radius 2 is 0.779 bits per heavy atom. The van der Waals surface area contributed by atoms with Crippen molar-refractivity contribution in [2.24, 2.45) is 15.7 Å². The number of rotatable bonds is 12. The lowest BCUT2D eigenvalue weighted by Crippen LogP contribution is -2.25. The SMILES string of the molecule is CC(c1ccccc1)(c1ccc(CN=C(N=C(N)c2cccc(-c3ccccc3)c2)c2ccccc2)cc1)c1ccc(-c2nc(-c3ccccc3)nc(-c3cccc(-c4ccccc4)c3)n2)cc1. The molecule has 0 aliphatic rings. The van der Waals surface area contributed by atoms with E-state index in [0.29, 0.717) is 35.7 Å². The summed E-state index contributed by atoms with van der Waals surface area (Å²) in [4.78, 5) is 25.1. The van der Waals surface area contributed by atoms with Gasteiger partial charge >= 0.3 is 0 Å². The van der Waals surface area contributed by atoms with Gasteiger partial charge in [0.15, 0.2) is 23.3 Å². The molecule has 1 unspecified atom stereocenters. The highest BCUT2D eigenvalue weighted by Gasteiger charge is 2.31. The van der Waals surface area contributed by atoms with E-state index in [2.05, 4.69) is 159 Å². The van der Waals surface area contributed by atoms with Gasteiger partial charge in [0.2, 0.25) is 0 Å². The van der Waals surface area contributed by atoms with Crippen molar-refractivity contribution in [3.05, 3.63) is 282 Å². The minimum atomic E-state index is -0.485. The van der Waals surface area contributed by atoms with Gasteiger partial charge in [0, 0.05) is 33.2 Å². The molecule has 10 aromatic rings. The van der Waals surface area contributed by atoms with Crippen LogP contribution in [0.4, 0.5) is 0 Å². The Morgan fingerprint density at radius 1 is 0.382 bits per heavy atom. The summed E-state index contributed by atoms with van der Waals surface area (Å²) < 4.78 is 0. The maximum Gasteiger partial charge on any atom is 0.164 e. The quantitative estimate of drug-likeness (QED) is 0.0752. The average molecular weight is 877 g/mol. The highest BCUT2D eigenvalue weighted by atomic mass is 15.0. The van der Waals surface area contributed by atoms with Crippen LogP contribution in [0.25, 0.3) is 56.4 Å². The summed E-state index contributed by atoms with van der Waals surface area (Å²) in [7, 11) is 0. The molecule has 0 fully saturated rings. The number of hydrogen-bond acceptors (Lipinski definition) is 4. The monoisotopic (exact) mass is 876 g/mol. The smallest absolute Gasteiger partial charge is 0.164 e. The van der Waals surface area contributed by atoms with Crippen LogP contribution in [-0.2, 0) is 12.0 Å². The van der Waals surface area contributed by atoms with Crippen molar-refractivity contribution >= 4 is 11.7 Å². The third-order valence-electron chi connectivity index (χ3n) is 12.4. The van der Waals surface area contributed by atoms with E-state index in [1.54, 1.807) is 0 Å². The standard InChI is InChI=1S/C62H48N6/c1-62(54-31-15-6-16-32-54,55-37-33-44(34-38-55)43-64-58(47-23-11-4-12-24-47)65-57(63)52-29-17-27-50(41-52)45-19-7-2-8-20-45)56-39-35-49(36-40-56)60-66-59(48-25-13-5-14-26-48)67-61(68-60)53-30-18-28-51(42-53)46-21-9-3-10-22-46/h2-42H,43H2,1H3,(H2,63,64,65). The zero-order valence-corrected chi connectivity index (χ0v) is 37.7. The van der Waals surface area contributed by atoms with Crippen molar-refractivity contribution < 1.29 is 0 Å². The third-order valence-corrected chi connectivity index (χ3v) is 12.4. The summed E-state index contributed by atoms with van der Waals surface area (Å²) in [6.45, 7) is 2.72. The first-order valence-electron chi connectivity index (χ1n) is 22.8. The normalized spacial score (nSPS) is 12.6. The van der Waals surface area contributed by atoms with E-state index in [0.717, 1.165) is 66.8 Å². The van der Waals surface area contributed by atoms with Crippen LogP contribution < -0.4 is 5.73 Å². The van der Waals surface area contributed by atoms with Crippen molar-refractivity contribution in [2.75, 3.05) is 0 Å². The average Bonchev–Trinajstić information content (AvgIpc) is 3.43. The zero-order valence-electron chi connectivity index (χ0n) is 37.7. The van der Waals surface area contributed by atoms with Gasteiger partial charge in [-0.25, -0.2) is 19.9 Å². The van der Waals surface area contributed by atoms with Gasteiger partial charge in [-0.15, -0.1) is 0 Å². The van der Waals surface area contributed by atoms with Crippen LogP contribution in [0.1, 0.15) is 40.3 Å². The topological polar surface area (TPSA) is 89.4 Å². The van der Waals surface area contributed by atoms with Gasteiger partial charge in [-0.3, -0.25) is 4.99 Å². The number of amidine groups is 2. The molecular formula is C62H48N6. The molecule has 6 heteroatoms.